The summed E-state index contributed by atoms with van der Waals surface area (Å²) in [4.78, 5) is 12.8. The van der Waals surface area contributed by atoms with Crippen molar-refractivity contribution in [2.24, 2.45) is 0 Å². The summed E-state index contributed by atoms with van der Waals surface area (Å²) in [7, 11) is 0. The Morgan fingerprint density at radius 2 is 1.15 bits per heavy atom. The summed E-state index contributed by atoms with van der Waals surface area (Å²) < 4.78 is 11.2. The maximum atomic E-state index is 12.8. The van der Waals surface area contributed by atoms with Crippen molar-refractivity contribution in [1.29, 1.82) is 0 Å². The molecule has 9 heteroatoms. The fourth-order valence-electron chi connectivity index (χ4n) is 6.33. The molecule has 0 radical (unpaired) electrons. The Balaban J connectivity index is 2.45. The van der Waals surface area contributed by atoms with E-state index in [0.29, 0.717) is 6.42 Å². The Morgan fingerprint density at radius 1 is 0.688 bits per heavy atom. The Hall–Kier alpha value is -1.07. The molecule has 6 N–H and O–H groups in total. The molecule has 0 saturated carbocycles. The Kier molecular flexibility index (Phi) is 28.8. The molecule has 1 aliphatic rings. The van der Waals surface area contributed by atoms with Crippen molar-refractivity contribution in [1.82, 2.24) is 5.32 Å². The molecule has 1 fully saturated rings. The smallest absolute Gasteiger partial charge is 0.220 e. The molecule has 9 nitrogen and oxygen atoms in total. The van der Waals surface area contributed by atoms with Gasteiger partial charge in [-0.1, -0.05) is 161 Å². The minimum Gasteiger partial charge on any atom is -0.394 e. The molecule has 1 rings (SSSR count). The molecule has 48 heavy (non-hydrogen) atoms. The highest BCUT2D eigenvalue weighted by Crippen LogP contribution is 2.22. The third-order valence-electron chi connectivity index (χ3n) is 9.61. The van der Waals surface area contributed by atoms with Gasteiger partial charge in [0.05, 0.1) is 25.4 Å². The van der Waals surface area contributed by atoms with Crippen molar-refractivity contribution < 1.29 is 39.8 Å². The van der Waals surface area contributed by atoms with Crippen molar-refractivity contribution in [2.45, 2.75) is 217 Å². The van der Waals surface area contributed by atoms with Crippen LogP contribution < -0.4 is 5.32 Å². The van der Waals surface area contributed by atoms with E-state index in [4.69, 9.17) is 9.47 Å². The van der Waals surface area contributed by atoms with Crippen LogP contribution >= 0.6 is 0 Å². The number of rotatable bonds is 32. The normalized spacial score (nSPS) is 22.7. The SMILES string of the molecule is CCCCCCCCCCCCCC=C[C@@H](O)[C@H](CO[C@@H]1O[C@H](CO)[C@H](O)[C@H](O)[C@H]1O)NC(=O)CCCCCCCCCCCCCC. The molecule has 0 unspecified atom stereocenters. The lowest BCUT2D eigenvalue weighted by molar-refractivity contribution is -0.302. The second-order valence-electron chi connectivity index (χ2n) is 14.1. The van der Waals surface area contributed by atoms with E-state index in [0.717, 1.165) is 38.5 Å². The van der Waals surface area contributed by atoms with E-state index in [9.17, 15) is 30.3 Å². The van der Waals surface area contributed by atoms with Gasteiger partial charge in [-0.3, -0.25) is 4.79 Å². The van der Waals surface area contributed by atoms with E-state index in [1.807, 2.05) is 6.08 Å². The van der Waals surface area contributed by atoms with Crippen molar-refractivity contribution in [2.75, 3.05) is 13.2 Å². The number of aliphatic hydroxyl groups excluding tert-OH is 5. The number of ether oxygens (including phenoxy) is 2. The molecule has 0 spiro atoms. The first-order valence-corrected chi connectivity index (χ1v) is 19.9. The van der Waals surface area contributed by atoms with Crippen LogP contribution in [0.1, 0.15) is 174 Å². The Morgan fingerprint density at radius 3 is 1.62 bits per heavy atom. The van der Waals surface area contributed by atoms with Gasteiger partial charge in [-0.05, 0) is 19.3 Å². The van der Waals surface area contributed by atoms with Crippen LogP contribution in [0.25, 0.3) is 0 Å². The maximum Gasteiger partial charge on any atom is 0.220 e. The second kappa shape index (κ2) is 30.7. The third kappa shape index (κ3) is 21.9. The summed E-state index contributed by atoms with van der Waals surface area (Å²) in [6, 6.07) is -0.796. The number of hydrogen-bond acceptors (Lipinski definition) is 8. The lowest BCUT2D eigenvalue weighted by Gasteiger charge is -2.40. The third-order valence-corrected chi connectivity index (χ3v) is 9.61. The summed E-state index contributed by atoms with van der Waals surface area (Å²) in [6.07, 6.45) is 25.3. The largest absolute Gasteiger partial charge is 0.394 e. The lowest BCUT2D eigenvalue weighted by atomic mass is 9.99. The molecule has 0 bridgehead atoms. The minimum absolute atomic E-state index is 0.178. The van der Waals surface area contributed by atoms with E-state index in [2.05, 4.69) is 19.2 Å². The summed E-state index contributed by atoms with van der Waals surface area (Å²) >= 11 is 0. The zero-order chi connectivity index (χ0) is 35.2. The lowest BCUT2D eigenvalue weighted by Crippen LogP contribution is -2.60. The van der Waals surface area contributed by atoms with Gasteiger partial charge < -0.3 is 40.3 Å². The van der Waals surface area contributed by atoms with E-state index in [-0.39, 0.29) is 12.5 Å². The highest BCUT2D eigenvalue weighted by atomic mass is 16.7. The average Bonchev–Trinajstić information content (AvgIpc) is 3.08. The number of hydrogen-bond donors (Lipinski definition) is 6. The molecular weight excluding hydrogens is 610 g/mol. The van der Waals surface area contributed by atoms with Crippen LogP contribution in [0.2, 0.25) is 0 Å². The van der Waals surface area contributed by atoms with Crippen LogP contribution in [-0.2, 0) is 14.3 Å². The number of allylic oxidation sites excluding steroid dienone is 1. The summed E-state index contributed by atoms with van der Waals surface area (Å²) in [5, 5.41) is 53.9. The van der Waals surface area contributed by atoms with E-state index in [1.165, 1.54) is 116 Å². The number of amides is 1. The molecule has 0 aromatic heterocycles. The average molecular weight is 686 g/mol. The Bertz CT molecular complexity index is 766. The first-order chi connectivity index (χ1) is 23.3. The van der Waals surface area contributed by atoms with Gasteiger partial charge in [-0.15, -0.1) is 0 Å². The van der Waals surface area contributed by atoms with Crippen molar-refractivity contribution in [3.8, 4) is 0 Å². The van der Waals surface area contributed by atoms with Crippen LogP contribution in [0.5, 0.6) is 0 Å². The molecule has 0 aromatic rings. The van der Waals surface area contributed by atoms with Crippen molar-refractivity contribution >= 4 is 5.91 Å². The van der Waals surface area contributed by atoms with Gasteiger partial charge in [0.2, 0.25) is 5.91 Å². The van der Waals surface area contributed by atoms with Gasteiger partial charge in [0, 0.05) is 6.42 Å². The molecule has 1 saturated heterocycles. The van der Waals surface area contributed by atoms with Gasteiger partial charge >= 0.3 is 0 Å². The van der Waals surface area contributed by atoms with Crippen molar-refractivity contribution in [3.63, 3.8) is 0 Å². The predicted molar refractivity (Wildman–Crippen MR) is 194 cm³/mol. The fourth-order valence-corrected chi connectivity index (χ4v) is 6.33. The van der Waals surface area contributed by atoms with Crippen LogP contribution in [0.3, 0.4) is 0 Å². The molecule has 284 valence electrons. The summed E-state index contributed by atoms with van der Waals surface area (Å²) in [6.45, 7) is 3.74. The first kappa shape index (κ1) is 45.0. The van der Waals surface area contributed by atoms with Gasteiger partial charge in [0.25, 0.3) is 0 Å². The van der Waals surface area contributed by atoms with Crippen molar-refractivity contribution in [3.05, 3.63) is 12.2 Å². The summed E-state index contributed by atoms with van der Waals surface area (Å²) in [5.74, 6) is -0.178. The zero-order valence-corrected chi connectivity index (χ0v) is 30.7. The number of carbonyl (C=O) groups is 1. The van der Waals surface area contributed by atoms with Crippen LogP contribution in [0.15, 0.2) is 12.2 Å². The highest BCUT2D eigenvalue weighted by molar-refractivity contribution is 5.76. The number of unbranched alkanes of at least 4 members (excludes halogenated alkanes) is 22. The predicted octanol–water partition coefficient (Wildman–Crippen LogP) is 7.00. The van der Waals surface area contributed by atoms with E-state index >= 15 is 0 Å². The zero-order valence-electron chi connectivity index (χ0n) is 30.7. The van der Waals surface area contributed by atoms with Gasteiger partial charge in [-0.2, -0.15) is 0 Å². The molecule has 1 amide bonds. The molecule has 1 aliphatic heterocycles. The molecule has 1 heterocycles. The second-order valence-corrected chi connectivity index (χ2v) is 14.1. The van der Waals surface area contributed by atoms with Crippen LogP contribution in [0.4, 0.5) is 0 Å². The molecule has 0 aromatic carbocycles. The monoisotopic (exact) mass is 686 g/mol. The number of carbonyl (C=O) groups excluding carboxylic acids is 1. The first-order valence-electron chi connectivity index (χ1n) is 19.9. The fraction of sp³-hybridized carbons (Fsp3) is 0.923. The maximum absolute atomic E-state index is 12.8. The molecular formula is C39H75NO8. The Labute approximate surface area is 293 Å². The van der Waals surface area contributed by atoms with E-state index < -0.39 is 49.5 Å². The molecule has 0 aliphatic carbocycles. The van der Waals surface area contributed by atoms with Gasteiger partial charge in [0.15, 0.2) is 6.29 Å². The quantitative estimate of drug-likeness (QED) is 0.0328. The van der Waals surface area contributed by atoms with Gasteiger partial charge in [-0.25, -0.2) is 0 Å². The van der Waals surface area contributed by atoms with E-state index in [1.54, 1.807) is 6.08 Å². The standard InChI is InChI=1S/C39H75NO8/c1-3-5-7-9-11-13-15-17-18-20-22-24-26-28-33(42)32(31-47-39-38(46)37(45)36(44)34(30-41)48-39)40-35(43)29-27-25-23-21-19-16-14-12-10-8-6-4-2/h26,28,32-34,36-39,41-42,44-46H,3-25,27,29-31H2,1-2H3,(H,40,43)/t32-,33+,34+,36-,37-,38+,39+/m0/s1. The topological polar surface area (TPSA) is 149 Å². The van der Waals surface area contributed by atoms with Crippen LogP contribution in [0, 0.1) is 0 Å². The summed E-state index contributed by atoms with van der Waals surface area (Å²) in [5.41, 5.74) is 0. The van der Waals surface area contributed by atoms with Gasteiger partial charge in [0.1, 0.15) is 24.4 Å². The minimum atomic E-state index is -1.56. The van der Waals surface area contributed by atoms with Crippen LogP contribution in [-0.4, -0.2) is 87.5 Å². The molecule has 7 atom stereocenters. The number of nitrogens with one attached hydrogen (secondary N) is 1. The number of aliphatic hydroxyl groups is 5. The highest BCUT2D eigenvalue weighted by Gasteiger charge is 2.44.